The molecule has 0 saturated heterocycles. The first-order valence-corrected chi connectivity index (χ1v) is 13.8. The van der Waals surface area contributed by atoms with Crippen LogP contribution in [0.5, 0.6) is 0 Å². The van der Waals surface area contributed by atoms with Crippen molar-refractivity contribution in [1.29, 1.82) is 0 Å². The fraction of sp³-hybridized carbons (Fsp3) is 0.355. The molecule has 0 saturated carbocycles. The highest BCUT2D eigenvalue weighted by Gasteiger charge is 2.28. The van der Waals surface area contributed by atoms with Gasteiger partial charge < -0.3 is 25.2 Å². The lowest BCUT2D eigenvalue weighted by molar-refractivity contribution is 0.0397. The van der Waals surface area contributed by atoms with E-state index in [0.29, 0.717) is 12.8 Å². The number of hydrogen-bond donors (Lipinski definition) is 3. The van der Waals surface area contributed by atoms with Crippen molar-refractivity contribution in [1.82, 2.24) is 10.6 Å². The number of benzene rings is 3. The molecule has 0 aliphatic rings. The highest BCUT2D eigenvalue weighted by molar-refractivity contribution is 9.10. The maximum Gasteiger partial charge on any atom is 0.407 e. The Morgan fingerprint density at radius 3 is 1.95 bits per heavy atom. The van der Waals surface area contributed by atoms with Crippen LogP contribution in [0.25, 0.3) is 0 Å². The van der Waals surface area contributed by atoms with Gasteiger partial charge in [-0.15, -0.1) is 0 Å². The van der Waals surface area contributed by atoms with Crippen molar-refractivity contribution in [3.8, 4) is 0 Å². The second-order valence-electron chi connectivity index (χ2n) is 10.5. The molecule has 2 amide bonds. The number of hydrogen-bond acceptors (Lipinski definition) is 5. The van der Waals surface area contributed by atoms with Crippen LogP contribution in [0.15, 0.2) is 89.4 Å². The zero-order valence-corrected chi connectivity index (χ0v) is 24.2. The molecule has 3 aromatic carbocycles. The van der Waals surface area contributed by atoms with Gasteiger partial charge in [-0.25, -0.2) is 9.59 Å². The molecule has 3 aromatic rings. The number of rotatable bonds is 11. The van der Waals surface area contributed by atoms with Crippen LogP contribution in [0.3, 0.4) is 0 Å². The number of nitrogens with one attached hydrogen (secondary N) is 2. The van der Waals surface area contributed by atoms with E-state index < -0.39 is 36.0 Å². The summed E-state index contributed by atoms with van der Waals surface area (Å²) in [7, 11) is 0. The van der Waals surface area contributed by atoms with Crippen molar-refractivity contribution >= 4 is 28.1 Å². The highest BCUT2D eigenvalue weighted by Crippen LogP contribution is 2.17. The van der Waals surface area contributed by atoms with Crippen LogP contribution in [0.2, 0.25) is 0 Å². The number of alkyl carbamates (subject to hydrolysis) is 2. The number of aliphatic hydroxyl groups is 1. The van der Waals surface area contributed by atoms with Crippen molar-refractivity contribution < 1.29 is 24.2 Å². The molecule has 8 heteroatoms. The van der Waals surface area contributed by atoms with Gasteiger partial charge in [-0.2, -0.15) is 0 Å². The van der Waals surface area contributed by atoms with E-state index in [1.807, 2.05) is 84.9 Å². The Morgan fingerprint density at radius 2 is 1.36 bits per heavy atom. The molecule has 0 radical (unpaired) electrons. The number of ether oxygens (including phenoxy) is 2. The van der Waals surface area contributed by atoms with Gasteiger partial charge in [0, 0.05) is 10.5 Å². The van der Waals surface area contributed by atoms with Gasteiger partial charge in [0.15, 0.2) is 0 Å². The predicted molar refractivity (Wildman–Crippen MR) is 155 cm³/mol. The molecule has 0 aromatic heterocycles. The Bertz CT molecular complexity index is 1170. The van der Waals surface area contributed by atoms with Crippen molar-refractivity contribution in [2.24, 2.45) is 0 Å². The molecule has 3 atom stereocenters. The van der Waals surface area contributed by atoms with E-state index in [1.165, 1.54) is 0 Å². The van der Waals surface area contributed by atoms with E-state index >= 15 is 0 Å². The van der Waals surface area contributed by atoms with Crippen LogP contribution in [0.4, 0.5) is 9.59 Å². The SMILES string of the molecule is CC(C)(C)OC(=O)N[C@@H](Cc1ccccc1)[C@@H](O)CC(Cc1ccc(Br)cc1)NC(=O)OCc1ccccc1. The average Bonchev–Trinajstić information content (AvgIpc) is 2.88. The van der Waals surface area contributed by atoms with Crippen LogP contribution in [0, 0.1) is 0 Å². The summed E-state index contributed by atoms with van der Waals surface area (Å²) >= 11 is 3.45. The molecule has 0 fully saturated rings. The molecule has 3 N–H and O–H groups in total. The third-order valence-corrected chi connectivity index (χ3v) is 6.45. The summed E-state index contributed by atoms with van der Waals surface area (Å²) in [6.45, 7) is 5.49. The summed E-state index contributed by atoms with van der Waals surface area (Å²) in [4.78, 5) is 25.4. The Balaban J connectivity index is 1.74. The Labute approximate surface area is 239 Å². The van der Waals surface area contributed by atoms with Crippen LogP contribution in [-0.2, 0) is 28.9 Å². The van der Waals surface area contributed by atoms with Crippen molar-refractivity contribution in [3.05, 3.63) is 106 Å². The van der Waals surface area contributed by atoms with Crippen LogP contribution < -0.4 is 10.6 Å². The van der Waals surface area contributed by atoms with Gasteiger partial charge >= 0.3 is 12.2 Å². The minimum Gasteiger partial charge on any atom is -0.445 e. The van der Waals surface area contributed by atoms with E-state index in [9.17, 15) is 14.7 Å². The molecule has 3 rings (SSSR count). The van der Waals surface area contributed by atoms with Gasteiger partial charge in [-0.1, -0.05) is 88.7 Å². The molecule has 39 heavy (non-hydrogen) atoms. The molecular formula is C31H37BrN2O5. The van der Waals surface area contributed by atoms with Gasteiger partial charge in [-0.05, 0) is 68.9 Å². The van der Waals surface area contributed by atoms with Gasteiger partial charge in [-0.3, -0.25) is 0 Å². The predicted octanol–water partition coefficient (Wildman–Crippen LogP) is 6.17. The molecule has 0 bridgehead atoms. The molecule has 0 spiro atoms. The smallest absolute Gasteiger partial charge is 0.407 e. The lowest BCUT2D eigenvalue weighted by atomic mass is 9.94. The standard InChI is InChI=1S/C31H37BrN2O5/c1-31(2,3)39-30(37)34-27(19-22-10-6-4-7-11-22)28(35)20-26(18-23-14-16-25(32)17-15-23)33-29(36)38-21-24-12-8-5-9-13-24/h4-17,26-28,35H,18-21H2,1-3H3,(H,33,36)(H,34,37)/t26?,27-,28-/m0/s1. The quantitative estimate of drug-likeness (QED) is 0.246. The van der Waals surface area contributed by atoms with E-state index in [1.54, 1.807) is 20.8 Å². The second-order valence-corrected chi connectivity index (χ2v) is 11.4. The van der Waals surface area contributed by atoms with Gasteiger partial charge in [0.1, 0.15) is 12.2 Å². The van der Waals surface area contributed by atoms with Crippen LogP contribution >= 0.6 is 15.9 Å². The highest BCUT2D eigenvalue weighted by atomic mass is 79.9. The lowest BCUT2D eigenvalue weighted by Gasteiger charge is -2.29. The Morgan fingerprint density at radius 1 is 0.795 bits per heavy atom. The molecule has 7 nitrogen and oxygen atoms in total. The fourth-order valence-electron chi connectivity index (χ4n) is 4.10. The summed E-state index contributed by atoms with van der Waals surface area (Å²) in [6, 6.07) is 25.7. The van der Waals surface area contributed by atoms with E-state index in [-0.39, 0.29) is 13.0 Å². The normalized spacial score (nSPS) is 13.6. The van der Waals surface area contributed by atoms with Gasteiger partial charge in [0.25, 0.3) is 0 Å². The fourth-order valence-corrected chi connectivity index (χ4v) is 4.36. The largest absolute Gasteiger partial charge is 0.445 e. The lowest BCUT2D eigenvalue weighted by Crippen LogP contribution is -2.49. The summed E-state index contributed by atoms with van der Waals surface area (Å²) < 4.78 is 11.8. The average molecular weight is 598 g/mol. The third-order valence-electron chi connectivity index (χ3n) is 5.92. The Hall–Kier alpha value is -3.36. The number of carbonyl (C=O) groups is 2. The zero-order chi connectivity index (χ0) is 28.3. The van der Waals surface area contributed by atoms with Crippen LogP contribution in [0.1, 0.15) is 43.9 Å². The van der Waals surface area contributed by atoms with E-state index in [2.05, 4.69) is 26.6 Å². The molecule has 1 unspecified atom stereocenters. The minimum absolute atomic E-state index is 0.136. The first kappa shape index (κ1) is 30.2. The zero-order valence-electron chi connectivity index (χ0n) is 22.6. The van der Waals surface area contributed by atoms with E-state index in [0.717, 1.165) is 21.2 Å². The first-order chi connectivity index (χ1) is 18.6. The number of aliphatic hydroxyl groups excluding tert-OH is 1. The number of halogens is 1. The van der Waals surface area contributed by atoms with Crippen LogP contribution in [-0.4, -0.2) is 41.1 Å². The van der Waals surface area contributed by atoms with Gasteiger partial charge in [0.05, 0.1) is 12.1 Å². The van der Waals surface area contributed by atoms with Crippen molar-refractivity contribution in [3.63, 3.8) is 0 Å². The third kappa shape index (κ3) is 11.5. The molecule has 0 aliphatic heterocycles. The first-order valence-electron chi connectivity index (χ1n) is 13.0. The molecule has 0 heterocycles. The molecule has 0 aliphatic carbocycles. The maximum absolute atomic E-state index is 12.7. The van der Waals surface area contributed by atoms with Crippen molar-refractivity contribution in [2.75, 3.05) is 0 Å². The summed E-state index contributed by atoms with van der Waals surface area (Å²) in [5.41, 5.74) is 2.14. The Kier molecular flexibility index (Phi) is 11.4. The topological polar surface area (TPSA) is 96.9 Å². The van der Waals surface area contributed by atoms with E-state index in [4.69, 9.17) is 9.47 Å². The molecule has 208 valence electrons. The van der Waals surface area contributed by atoms with Crippen molar-refractivity contribution in [2.45, 2.75) is 70.4 Å². The number of carbonyl (C=O) groups excluding carboxylic acids is 2. The second kappa shape index (κ2) is 14.7. The van der Waals surface area contributed by atoms with Gasteiger partial charge in [0.2, 0.25) is 0 Å². The summed E-state index contributed by atoms with van der Waals surface area (Å²) in [5, 5.41) is 17.1. The molecular weight excluding hydrogens is 560 g/mol. The number of amides is 2. The monoisotopic (exact) mass is 596 g/mol. The summed E-state index contributed by atoms with van der Waals surface area (Å²) in [6.07, 6.45) is -1.12. The minimum atomic E-state index is -0.979. The summed E-state index contributed by atoms with van der Waals surface area (Å²) in [5.74, 6) is 0. The maximum atomic E-state index is 12.7.